The minimum Gasteiger partial charge on any atom is -0.522 e. The number of ether oxygens (including phenoxy) is 1. The molecule has 7 heteroatoms. The van der Waals surface area contributed by atoms with E-state index in [-0.39, 0.29) is 37.8 Å². The van der Waals surface area contributed by atoms with Crippen molar-refractivity contribution in [2.24, 2.45) is 5.92 Å². The van der Waals surface area contributed by atoms with Gasteiger partial charge in [-0.15, -0.1) is 17.5 Å². The van der Waals surface area contributed by atoms with Crippen molar-refractivity contribution >= 4 is 32.8 Å². The summed E-state index contributed by atoms with van der Waals surface area (Å²) >= 11 is 0. The third-order valence-corrected chi connectivity index (χ3v) is 9.57. The van der Waals surface area contributed by atoms with Gasteiger partial charge in [0.1, 0.15) is 5.82 Å². The van der Waals surface area contributed by atoms with Crippen LogP contribution in [0.25, 0.3) is 50.2 Å². The largest absolute Gasteiger partial charge is 0.522 e. The molecule has 0 aliphatic rings. The molecule has 0 saturated carbocycles. The summed E-state index contributed by atoms with van der Waals surface area (Å²) in [6.45, 7) is 17.1. The Balaban J connectivity index is 0.00000480. The Morgan fingerprint density at radius 3 is 2.26 bits per heavy atom. The zero-order chi connectivity index (χ0) is 38.9. The SMILES string of the molecule is [2H]C([2H])(c1ccnc(-n2c3[c-]c(Oc4[c-]c(-n5[c-][n+](-c6cccc(C(C)(C)C)c6)c6cc(C(C)(C)C)ccc65)ncc4)ccc3c3ccccc32)c1)C(C)C.[Pt]. The number of aromatic nitrogens is 5. The average Bonchev–Trinajstić information content (AvgIpc) is 3.70. The van der Waals surface area contributed by atoms with Crippen LogP contribution < -0.4 is 9.30 Å². The molecule has 8 rings (SSSR count). The van der Waals surface area contributed by atoms with Crippen molar-refractivity contribution in [1.29, 1.82) is 0 Å². The Labute approximate surface area is 335 Å². The molecule has 0 unspecified atom stereocenters. The maximum atomic E-state index is 8.75. The minimum absolute atomic E-state index is 0. The number of benzene rings is 4. The number of hydrogen-bond donors (Lipinski definition) is 0. The molecule has 4 aromatic heterocycles. The van der Waals surface area contributed by atoms with Crippen LogP contribution in [-0.4, -0.2) is 19.1 Å². The van der Waals surface area contributed by atoms with Crippen molar-refractivity contribution in [1.82, 2.24) is 19.1 Å². The second-order valence-electron chi connectivity index (χ2n) is 16.0. The zero-order valence-corrected chi connectivity index (χ0v) is 34.2. The minimum atomic E-state index is -1.52. The predicted octanol–water partition coefficient (Wildman–Crippen LogP) is 10.8. The van der Waals surface area contributed by atoms with Crippen molar-refractivity contribution in [3.63, 3.8) is 0 Å². The van der Waals surface area contributed by atoms with Crippen LogP contribution in [0, 0.1) is 24.4 Å². The molecule has 6 nitrogen and oxygen atoms in total. The van der Waals surface area contributed by atoms with Crippen LogP contribution in [0.15, 0.2) is 109 Å². The van der Waals surface area contributed by atoms with E-state index in [9.17, 15) is 0 Å². The quantitative estimate of drug-likeness (QED) is 0.118. The van der Waals surface area contributed by atoms with Gasteiger partial charge in [-0.2, -0.15) is 18.2 Å². The Bertz CT molecular complexity index is 2730. The molecule has 0 bridgehead atoms. The van der Waals surface area contributed by atoms with Crippen molar-refractivity contribution in [2.75, 3.05) is 0 Å². The van der Waals surface area contributed by atoms with Crippen molar-refractivity contribution in [3.05, 3.63) is 145 Å². The first-order chi connectivity index (χ1) is 26.1. The van der Waals surface area contributed by atoms with Gasteiger partial charge < -0.3 is 9.30 Å². The first kappa shape index (κ1) is 34.7. The van der Waals surface area contributed by atoms with E-state index in [0.717, 1.165) is 38.5 Å². The molecule has 0 saturated heterocycles. The van der Waals surface area contributed by atoms with Gasteiger partial charge in [-0.3, -0.25) is 14.1 Å². The molecular formula is C47H45N5OPt-2. The molecule has 54 heavy (non-hydrogen) atoms. The third kappa shape index (κ3) is 7.12. The fourth-order valence-electron chi connectivity index (χ4n) is 6.82. The maximum Gasteiger partial charge on any atom is 0.269 e. The first-order valence-corrected chi connectivity index (χ1v) is 18.2. The van der Waals surface area contributed by atoms with Gasteiger partial charge >= 0.3 is 0 Å². The van der Waals surface area contributed by atoms with Gasteiger partial charge in [0.25, 0.3) is 6.33 Å². The van der Waals surface area contributed by atoms with E-state index < -0.39 is 6.37 Å². The topological polar surface area (TPSA) is 48.8 Å². The Hall–Kier alpha value is -5.06. The molecule has 4 aromatic carbocycles. The van der Waals surface area contributed by atoms with Crippen LogP contribution >= 0.6 is 0 Å². The van der Waals surface area contributed by atoms with Gasteiger partial charge in [-0.1, -0.05) is 110 Å². The van der Waals surface area contributed by atoms with E-state index in [2.05, 4.69) is 113 Å². The van der Waals surface area contributed by atoms with Gasteiger partial charge in [-0.25, -0.2) is 4.98 Å². The first-order valence-electron chi connectivity index (χ1n) is 19.2. The summed E-state index contributed by atoms with van der Waals surface area (Å²) in [6.07, 6.45) is 5.48. The fraction of sp³-hybridized carbons (Fsp3) is 0.255. The van der Waals surface area contributed by atoms with E-state index in [1.54, 1.807) is 24.5 Å². The molecule has 0 amide bonds. The molecule has 0 spiro atoms. The summed E-state index contributed by atoms with van der Waals surface area (Å²) in [4.78, 5) is 9.45. The molecule has 0 N–H and O–H groups in total. The molecule has 0 aliphatic carbocycles. The maximum absolute atomic E-state index is 8.75. The van der Waals surface area contributed by atoms with Gasteiger partial charge in [-0.05, 0) is 87.3 Å². The molecule has 0 radical (unpaired) electrons. The van der Waals surface area contributed by atoms with Crippen LogP contribution in [-0.2, 0) is 38.3 Å². The number of imidazole rings is 1. The number of fused-ring (bicyclic) bond motifs is 4. The molecule has 8 aromatic rings. The Kier molecular flexibility index (Phi) is 9.19. The van der Waals surface area contributed by atoms with E-state index >= 15 is 0 Å². The van der Waals surface area contributed by atoms with E-state index in [0.29, 0.717) is 28.7 Å². The molecule has 0 aliphatic heterocycles. The Morgan fingerprint density at radius 2 is 1.48 bits per heavy atom. The van der Waals surface area contributed by atoms with E-state index in [4.69, 9.17) is 17.4 Å². The summed E-state index contributed by atoms with van der Waals surface area (Å²) in [5, 5.41) is 2.03. The third-order valence-electron chi connectivity index (χ3n) is 9.57. The molecular weight excluding hydrogens is 846 g/mol. The second kappa shape index (κ2) is 14.3. The van der Waals surface area contributed by atoms with Crippen LogP contribution in [0.1, 0.15) is 74.8 Å². The van der Waals surface area contributed by atoms with Gasteiger partial charge in [0, 0.05) is 41.3 Å². The van der Waals surface area contributed by atoms with Gasteiger partial charge in [0.2, 0.25) is 0 Å². The fourth-order valence-corrected chi connectivity index (χ4v) is 6.82. The molecule has 4 heterocycles. The Morgan fingerprint density at radius 1 is 0.741 bits per heavy atom. The summed E-state index contributed by atoms with van der Waals surface area (Å²) in [6, 6.07) is 39.6. The van der Waals surface area contributed by atoms with Crippen molar-refractivity contribution in [3.8, 4) is 28.8 Å². The second-order valence-corrected chi connectivity index (χ2v) is 16.0. The number of pyridine rings is 2. The predicted molar refractivity (Wildman–Crippen MR) is 214 cm³/mol. The van der Waals surface area contributed by atoms with Gasteiger partial charge in [0.15, 0.2) is 0 Å². The number of nitrogens with zero attached hydrogens (tertiary/aromatic N) is 5. The zero-order valence-electron chi connectivity index (χ0n) is 33.9. The summed E-state index contributed by atoms with van der Waals surface area (Å²) in [5.41, 5.74) is 7.72. The van der Waals surface area contributed by atoms with E-state index in [1.165, 1.54) is 11.1 Å². The number of rotatable bonds is 7. The molecule has 0 atom stereocenters. The van der Waals surface area contributed by atoms with Crippen LogP contribution in [0.4, 0.5) is 0 Å². The molecule has 276 valence electrons. The van der Waals surface area contributed by atoms with Gasteiger partial charge in [0.05, 0.1) is 22.5 Å². The van der Waals surface area contributed by atoms with Crippen LogP contribution in [0.5, 0.6) is 11.5 Å². The number of para-hydroxylation sites is 1. The monoisotopic (exact) mass is 892 g/mol. The van der Waals surface area contributed by atoms with Crippen molar-refractivity contribution < 1.29 is 33.1 Å². The normalized spacial score (nSPS) is 13.0. The van der Waals surface area contributed by atoms with E-state index in [1.807, 2.05) is 59.4 Å². The summed E-state index contributed by atoms with van der Waals surface area (Å²) in [7, 11) is 0. The smallest absolute Gasteiger partial charge is 0.269 e. The summed E-state index contributed by atoms with van der Waals surface area (Å²) in [5.74, 6) is 1.94. The van der Waals surface area contributed by atoms with Crippen molar-refractivity contribution in [2.45, 2.75) is 72.6 Å². The van der Waals surface area contributed by atoms with Crippen LogP contribution in [0.2, 0.25) is 0 Å². The standard InChI is InChI=1S/C47H45N5O.Pt/c1-31(2)24-32-20-22-49-45(25-32)52-40-15-10-9-14-38(40)39-18-17-36(28-42(39)52)53-37-21-23-48-44(29-37)51-30-50(35-13-11-12-33(26-35)46(3,4)5)43-27-34(47(6,7)8)16-19-41(43)51;/h9-23,25-27,31H,24H2,1-8H3;/q-2;/i24D2;. The summed E-state index contributed by atoms with van der Waals surface area (Å²) < 4.78 is 30.1. The molecule has 0 fully saturated rings. The van der Waals surface area contributed by atoms with Crippen LogP contribution in [0.3, 0.4) is 0 Å². The average molecular weight is 893 g/mol. The number of hydrogen-bond acceptors (Lipinski definition) is 3.